The highest BCUT2D eigenvalue weighted by atomic mass is 32.2. The summed E-state index contributed by atoms with van der Waals surface area (Å²) in [6, 6.07) is 0. The molecule has 0 rings (SSSR count). The van der Waals surface area contributed by atoms with Crippen molar-refractivity contribution in [2.75, 3.05) is 12.8 Å². The first kappa shape index (κ1) is 13.3. The predicted molar refractivity (Wildman–Crippen MR) is 57.5 cm³/mol. The first-order valence-corrected chi connectivity index (χ1v) is 5.86. The molecule has 4 nitrogen and oxygen atoms in total. The molecule has 1 amide bonds. The van der Waals surface area contributed by atoms with Crippen LogP contribution in [0.15, 0.2) is 0 Å². The summed E-state index contributed by atoms with van der Waals surface area (Å²) >= 11 is 1.69. The van der Waals surface area contributed by atoms with Gasteiger partial charge in [-0.15, -0.1) is 0 Å². The van der Waals surface area contributed by atoms with Crippen LogP contribution in [0.25, 0.3) is 0 Å². The Morgan fingerprint density at radius 2 is 2.07 bits per heavy atom. The van der Waals surface area contributed by atoms with Crippen molar-refractivity contribution in [1.82, 2.24) is 5.32 Å². The fraction of sp³-hybridized carbons (Fsp3) is 0.778. The van der Waals surface area contributed by atoms with Crippen LogP contribution >= 0.6 is 11.8 Å². The zero-order valence-electron chi connectivity index (χ0n) is 8.58. The van der Waals surface area contributed by atoms with Crippen LogP contribution in [0.2, 0.25) is 0 Å². The number of nitrogens with one attached hydrogen (secondary N) is 1. The van der Waals surface area contributed by atoms with Gasteiger partial charge >= 0.3 is 5.97 Å². The van der Waals surface area contributed by atoms with E-state index in [1.54, 1.807) is 11.8 Å². The SMILES string of the molecule is CSC(C)CNC(=O)CCCC(=O)O. The molecule has 14 heavy (non-hydrogen) atoms. The van der Waals surface area contributed by atoms with Gasteiger partial charge in [-0.05, 0) is 12.7 Å². The van der Waals surface area contributed by atoms with Gasteiger partial charge < -0.3 is 10.4 Å². The van der Waals surface area contributed by atoms with E-state index in [1.807, 2.05) is 13.2 Å². The first-order valence-electron chi connectivity index (χ1n) is 4.57. The van der Waals surface area contributed by atoms with Crippen LogP contribution in [0.1, 0.15) is 26.2 Å². The highest BCUT2D eigenvalue weighted by molar-refractivity contribution is 7.99. The molecule has 1 unspecified atom stereocenters. The molecule has 0 spiro atoms. The number of carbonyl (C=O) groups excluding carboxylic acids is 1. The summed E-state index contributed by atoms with van der Waals surface area (Å²) in [7, 11) is 0. The van der Waals surface area contributed by atoms with Gasteiger partial charge in [-0.25, -0.2) is 0 Å². The topological polar surface area (TPSA) is 66.4 Å². The Morgan fingerprint density at radius 3 is 2.57 bits per heavy atom. The minimum absolute atomic E-state index is 0.0610. The standard InChI is InChI=1S/C9H17NO3S/c1-7(14-2)6-10-8(11)4-3-5-9(12)13/h7H,3-6H2,1-2H3,(H,10,11)(H,12,13). The average molecular weight is 219 g/mol. The normalized spacial score (nSPS) is 12.1. The molecule has 0 aromatic rings. The van der Waals surface area contributed by atoms with Crippen molar-refractivity contribution in [1.29, 1.82) is 0 Å². The van der Waals surface area contributed by atoms with Crippen molar-refractivity contribution < 1.29 is 14.7 Å². The van der Waals surface area contributed by atoms with Gasteiger partial charge in [0.05, 0.1) is 0 Å². The lowest BCUT2D eigenvalue weighted by molar-refractivity contribution is -0.137. The van der Waals surface area contributed by atoms with E-state index < -0.39 is 5.97 Å². The third-order valence-electron chi connectivity index (χ3n) is 1.78. The number of carboxylic acid groups (broad SMARTS) is 1. The Kier molecular flexibility index (Phi) is 7.28. The van der Waals surface area contributed by atoms with Gasteiger partial charge in [0.15, 0.2) is 0 Å². The van der Waals surface area contributed by atoms with Crippen LogP contribution in [0.4, 0.5) is 0 Å². The van der Waals surface area contributed by atoms with Gasteiger partial charge in [0.1, 0.15) is 0 Å². The Morgan fingerprint density at radius 1 is 1.43 bits per heavy atom. The van der Waals surface area contributed by atoms with Crippen LogP contribution < -0.4 is 5.32 Å². The number of carboxylic acids is 1. The predicted octanol–water partition coefficient (Wildman–Crippen LogP) is 1.11. The summed E-state index contributed by atoms with van der Waals surface area (Å²) in [5.41, 5.74) is 0. The lowest BCUT2D eigenvalue weighted by Crippen LogP contribution is -2.29. The van der Waals surface area contributed by atoms with Crippen molar-refractivity contribution in [3.8, 4) is 0 Å². The number of carbonyl (C=O) groups is 2. The van der Waals surface area contributed by atoms with Gasteiger partial charge in [-0.3, -0.25) is 9.59 Å². The van der Waals surface area contributed by atoms with Gasteiger partial charge in [-0.1, -0.05) is 6.92 Å². The van der Waals surface area contributed by atoms with Crippen molar-refractivity contribution in [3.63, 3.8) is 0 Å². The Balaban J connectivity index is 3.41. The van der Waals surface area contributed by atoms with Crippen LogP contribution in [-0.2, 0) is 9.59 Å². The molecule has 82 valence electrons. The third-order valence-corrected chi connectivity index (χ3v) is 2.75. The maximum Gasteiger partial charge on any atom is 0.303 e. The molecule has 0 radical (unpaired) electrons. The monoisotopic (exact) mass is 219 g/mol. The zero-order chi connectivity index (χ0) is 11.0. The zero-order valence-corrected chi connectivity index (χ0v) is 9.39. The van der Waals surface area contributed by atoms with Crippen molar-refractivity contribution >= 4 is 23.6 Å². The first-order chi connectivity index (χ1) is 6.56. The lowest BCUT2D eigenvalue weighted by Gasteiger charge is -2.09. The summed E-state index contributed by atoms with van der Waals surface area (Å²) in [4.78, 5) is 21.3. The van der Waals surface area contributed by atoms with E-state index in [1.165, 1.54) is 0 Å². The largest absolute Gasteiger partial charge is 0.481 e. The van der Waals surface area contributed by atoms with Crippen molar-refractivity contribution in [2.45, 2.75) is 31.4 Å². The smallest absolute Gasteiger partial charge is 0.303 e. The summed E-state index contributed by atoms with van der Waals surface area (Å²) in [5, 5.41) is 11.5. The second kappa shape index (κ2) is 7.67. The van der Waals surface area contributed by atoms with E-state index in [9.17, 15) is 9.59 Å². The number of hydrogen-bond acceptors (Lipinski definition) is 3. The molecule has 0 aliphatic carbocycles. The maximum absolute atomic E-state index is 11.1. The molecule has 0 saturated carbocycles. The van der Waals surface area contributed by atoms with Crippen LogP contribution in [0.3, 0.4) is 0 Å². The number of rotatable bonds is 7. The van der Waals surface area contributed by atoms with Gasteiger partial charge in [0.25, 0.3) is 0 Å². The summed E-state index contributed by atoms with van der Waals surface area (Å²) < 4.78 is 0. The van der Waals surface area contributed by atoms with Gasteiger partial charge in [-0.2, -0.15) is 11.8 Å². The van der Waals surface area contributed by atoms with E-state index >= 15 is 0 Å². The highest BCUT2D eigenvalue weighted by Crippen LogP contribution is 2.03. The highest BCUT2D eigenvalue weighted by Gasteiger charge is 2.05. The van der Waals surface area contributed by atoms with Gasteiger partial charge in [0.2, 0.25) is 5.91 Å². The minimum Gasteiger partial charge on any atom is -0.481 e. The summed E-state index contributed by atoms with van der Waals surface area (Å²) in [6.45, 7) is 2.68. The van der Waals surface area contributed by atoms with Gasteiger partial charge in [0, 0.05) is 24.6 Å². The molecule has 0 fully saturated rings. The van der Waals surface area contributed by atoms with E-state index in [-0.39, 0.29) is 12.3 Å². The number of thioether (sulfide) groups is 1. The molecule has 5 heteroatoms. The molecule has 0 bridgehead atoms. The lowest BCUT2D eigenvalue weighted by atomic mass is 10.2. The molecule has 0 saturated heterocycles. The second-order valence-electron chi connectivity index (χ2n) is 3.10. The van der Waals surface area contributed by atoms with Crippen molar-refractivity contribution in [2.24, 2.45) is 0 Å². The number of hydrogen-bond donors (Lipinski definition) is 2. The Hall–Kier alpha value is -0.710. The molecule has 0 aromatic carbocycles. The molecule has 1 atom stereocenters. The van der Waals surface area contributed by atoms with Crippen LogP contribution in [0.5, 0.6) is 0 Å². The quantitative estimate of drug-likeness (QED) is 0.673. The van der Waals surface area contributed by atoms with E-state index in [2.05, 4.69) is 5.32 Å². The molecule has 0 heterocycles. The maximum atomic E-state index is 11.1. The molecule has 2 N–H and O–H groups in total. The molecule has 0 aliphatic heterocycles. The summed E-state index contributed by atoms with van der Waals surface area (Å²) in [6.07, 6.45) is 2.76. The second-order valence-corrected chi connectivity index (χ2v) is 4.37. The van der Waals surface area contributed by atoms with Crippen LogP contribution in [-0.4, -0.2) is 35.0 Å². The minimum atomic E-state index is -0.852. The molecule has 0 aliphatic rings. The number of amides is 1. The third kappa shape index (κ3) is 7.91. The molecular weight excluding hydrogens is 202 g/mol. The average Bonchev–Trinajstić information content (AvgIpc) is 2.13. The van der Waals surface area contributed by atoms with Crippen molar-refractivity contribution in [3.05, 3.63) is 0 Å². The number of aliphatic carboxylic acids is 1. The Labute approximate surface area is 88.4 Å². The molecular formula is C9H17NO3S. The van der Waals surface area contributed by atoms with E-state index in [4.69, 9.17) is 5.11 Å². The van der Waals surface area contributed by atoms with Crippen LogP contribution in [0, 0.1) is 0 Å². The fourth-order valence-electron chi connectivity index (χ4n) is 0.829. The summed E-state index contributed by atoms with van der Waals surface area (Å²) in [5.74, 6) is -0.914. The molecule has 0 aromatic heterocycles. The Bertz CT molecular complexity index is 196. The fourth-order valence-corrected chi connectivity index (χ4v) is 1.08. The van der Waals surface area contributed by atoms with E-state index in [0.717, 1.165) is 0 Å². The van der Waals surface area contributed by atoms with E-state index in [0.29, 0.717) is 24.6 Å².